The quantitative estimate of drug-likeness (QED) is 0.130. The first-order chi connectivity index (χ1) is 22.3. The Balaban J connectivity index is 1.25. The average Bonchev–Trinajstić information content (AvgIpc) is 3.44. The van der Waals surface area contributed by atoms with E-state index in [2.05, 4.69) is 10.3 Å². The van der Waals surface area contributed by atoms with Gasteiger partial charge in [0.25, 0.3) is 5.91 Å². The Morgan fingerprint density at radius 2 is 1.76 bits per heavy atom. The predicted octanol–water partition coefficient (Wildman–Crippen LogP) is 6.62. The van der Waals surface area contributed by atoms with Gasteiger partial charge in [-0.15, -0.1) is 0 Å². The highest BCUT2D eigenvalue weighted by atomic mass is 19.1. The van der Waals surface area contributed by atoms with Gasteiger partial charge in [-0.2, -0.15) is 5.10 Å². The van der Waals surface area contributed by atoms with Crippen molar-refractivity contribution < 1.29 is 22.7 Å². The maximum absolute atomic E-state index is 14.2. The first kappa shape index (κ1) is 30.1. The van der Waals surface area contributed by atoms with Gasteiger partial charge in [-0.05, 0) is 61.0 Å². The largest absolute Gasteiger partial charge is 0.490 e. The number of carbonyl (C=O) groups is 1. The number of aromatic nitrogens is 4. The number of rotatable bonds is 10. The summed E-state index contributed by atoms with van der Waals surface area (Å²) in [5.74, 6) is -2.73. The van der Waals surface area contributed by atoms with Crippen molar-refractivity contribution in [1.82, 2.24) is 19.6 Å². The molecule has 0 atom stereocenters. The molecule has 0 aliphatic carbocycles. The van der Waals surface area contributed by atoms with Gasteiger partial charge in [-0.3, -0.25) is 4.79 Å². The summed E-state index contributed by atoms with van der Waals surface area (Å²) in [6, 6.07) is 21.8. The van der Waals surface area contributed by atoms with Crippen molar-refractivity contribution in [3.63, 3.8) is 0 Å². The van der Waals surface area contributed by atoms with Gasteiger partial charge in [-0.25, -0.2) is 27.7 Å². The van der Waals surface area contributed by atoms with E-state index in [1.807, 2.05) is 42.4 Å². The molecule has 46 heavy (non-hydrogen) atoms. The lowest BCUT2D eigenvalue weighted by Crippen LogP contribution is -2.22. The van der Waals surface area contributed by atoms with Crippen LogP contribution in [-0.2, 0) is 0 Å². The van der Waals surface area contributed by atoms with Crippen LogP contribution in [0.4, 0.5) is 30.5 Å². The molecule has 0 bridgehead atoms. The molecule has 3 heterocycles. The van der Waals surface area contributed by atoms with E-state index in [0.717, 1.165) is 23.2 Å². The van der Waals surface area contributed by atoms with Crippen molar-refractivity contribution in [2.24, 2.45) is 0 Å². The minimum Gasteiger partial charge on any atom is -0.490 e. The van der Waals surface area contributed by atoms with Crippen LogP contribution >= 0.6 is 0 Å². The van der Waals surface area contributed by atoms with E-state index in [0.29, 0.717) is 47.2 Å². The number of hydrogen-bond donors (Lipinski definition) is 2. The van der Waals surface area contributed by atoms with E-state index in [4.69, 9.17) is 20.6 Å². The molecular formula is C34H28F3N7O2. The van der Waals surface area contributed by atoms with Crippen molar-refractivity contribution >= 4 is 28.7 Å². The van der Waals surface area contributed by atoms with Gasteiger partial charge < -0.3 is 20.7 Å². The van der Waals surface area contributed by atoms with Crippen LogP contribution in [0.25, 0.3) is 28.0 Å². The van der Waals surface area contributed by atoms with Crippen molar-refractivity contribution in [2.75, 3.05) is 36.1 Å². The second-order valence-corrected chi connectivity index (χ2v) is 10.4. The normalized spacial score (nSPS) is 11.0. The molecule has 0 saturated heterocycles. The molecule has 0 fully saturated rings. The van der Waals surface area contributed by atoms with E-state index in [-0.39, 0.29) is 12.4 Å². The van der Waals surface area contributed by atoms with Crippen LogP contribution in [0.15, 0.2) is 97.3 Å². The van der Waals surface area contributed by atoms with Gasteiger partial charge in [0.15, 0.2) is 11.6 Å². The van der Waals surface area contributed by atoms with Gasteiger partial charge in [0.1, 0.15) is 22.9 Å². The fourth-order valence-electron chi connectivity index (χ4n) is 5.00. The second-order valence-electron chi connectivity index (χ2n) is 10.4. The lowest BCUT2D eigenvalue weighted by molar-refractivity contribution is 0.101. The number of ether oxygens (including phenoxy) is 1. The Bertz CT molecular complexity index is 2030. The van der Waals surface area contributed by atoms with Crippen LogP contribution in [0.3, 0.4) is 0 Å². The average molecular weight is 624 g/mol. The molecule has 6 aromatic rings. The van der Waals surface area contributed by atoms with Gasteiger partial charge in [0.05, 0.1) is 23.4 Å². The number of hydrogen-bond acceptors (Lipinski definition) is 7. The number of nitrogens with zero attached hydrogens (tertiary/aromatic N) is 5. The van der Waals surface area contributed by atoms with Crippen LogP contribution in [0.2, 0.25) is 0 Å². The number of halogens is 3. The molecule has 0 unspecified atom stereocenters. The first-order valence-corrected chi connectivity index (χ1v) is 14.3. The topological polar surface area (TPSA) is 111 Å². The number of benzene rings is 3. The first-order valence-electron chi connectivity index (χ1n) is 14.3. The number of nitrogens with one attached hydrogen (secondary N) is 1. The Morgan fingerprint density at radius 3 is 2.57 bits per heavy atom. The van der Waals surface area contributed by atoms with E-state index in [1.165, 1.54) is 18.2 Å². The second kappa shape index (κ2) is 13.0. The lowest BCUT2D eigenvalue weighted by atomic mass is 10.0. The van der Waals surface area contributed by atoms with Crippen LogP contribution in [0, 0.1) is 17.5 Å². The summed E-state index contributed by atoms with van der Waals surface area (Å²) in [4.78, 5) is 23.9. The Kier molecular flexibility index (Phi) is 8.50. The fraction of sp³-hybridized carbons (Fsp3) is 0.118. The highest BCUT2D eigenvalue weighted by molar-refractivity contribution is 6.05. The standard InChI is InChI=1S/C34H28F3N7O2/c1-43(16-6-18-46-29-13-12-22(38)20-26(29)37)34-39-15-14-27(41-34)31-28-11-2-3-17-44(28)42-32(31)21-7-4-8-23(19-21)40-33(45)30-24(35)9-5-10-25(30)36/h2-5,7-15,17,19-20H,6,16,18,38H2,1H3,(H,40,45). The SMILES string of the molecule is CN(CCCOc1ccc(N)cc1F)c1nccc(-c2c(-c3cccc(NC(=O)c4c(F)cccc4F)c3)nn3ccccc23)n1. The van der Waals surface area contributed by atoms with Crippen molar-refractivity contribution in [3.8, 4) is 28.3 Å². The molecule has 0 aliphatic heterocycles. The summed E-state index contributed by atoms with van der Waals surface area (Å²) >= 11 is 0. The van der Waals surface area contributed by atoms with E-state index in [9.17, 15) is 18.0 Å². The summed E-state index contributed by atoms with van der Waals surface area (Å²) in [6.45, 7) is 0.811. The van der Waals surface area contributed by atoms with Gasteiger partial charge >= 0.3 is 0 Å². The Morgan fingerprint density at radius 1 is 0.957 bits per heavy atom. The van der Waals surface area contributed by atoms with E-state index < -0.39 is 28.9 Å². The molecule has 12 heteroatoms. The summed E-state index contributed by atoms with van der Waals surface area (Å²) in [5, 5.41) is 7.38. The molecule has 3 N–H and O–H groups in total. The van der Waals surface area contributed by atoms with Crippen molar-refractivity contribution in [2.45, 2.75) is 6.42 Å². The van der Waals surface area contributed by atoms with Crippen molar-refractivity contribution in [1.29, 1.82) is 0 Å². The summed E-state index contributed by atoms with van der Waals surface area (Å²) in [6.07, 6.45) is 4.04. The highest BCUT2D eigenvalue weighted by Crippen LogP contribution is 2.35. The molecule has 6 rings (SSSR count). The number of fused-ring (bicyclic) bond motifs is 1. The van der Waals surface area contributed by atoms with Crippen LogP contribution in [-0.4, -0.2) is 45.7 Å². The summed E-state index contributed by atoms with van der Waals surface area (Å²) < 4.78 is 49.8. The molecular weight excluding hydrogens is 595 g/mol. The number of anilines is 3. The molecule has 0 saturated carbocycles. The molecule has 9 nitrogen and oxygen atoms in total. The zero-order chi connectivity index (χ0) is 32.2. The zero-order valence-electron chi connectivity index (χ0n) is 24.6. The maximum Gasteiger partial charge on any atom is 0.261 e. The summed E-state index contributed by atoms with van der Waals surface area (Å²) in [5.41, 5.74) is 8.93. The number of nitrogen functional groups attached to an aromatic ring is 1. The van der Waals surface area contributed by atoms with Gasteiger partial charge in [-0.1, -0.05) is 24.3 Å². The number of carbonyl (C=O) groups excluding carboxylic acids is 1. The number of amides is 1. The third-order valence-corrected chi connectivity index (χ3v) is 7.22. The molecule has 3 aromatic heterocycles. The van der Waals surface area contributed by atoms with Gasteiger partial charge in [0, 0.05) is 49.0 Å². The maximum atomic E-state index is 14.2. The van der Waals surface area contributed by atoms with Crippen molar-refractivity contribution in [3.05, 3.63) is 120 Å². The molecule has 1 amide bonds. The fourth-order valence-corrected chi connectivity index (χ4v) is 5.00. The molecule has 0 radical (unpaired) electrons. The van der Waals surface area contributed by atoms with Crippen LogP contribution in [0.5, 0.6) is 5.75 Å². The smallest absolute Gasteiger partial charge is 0.261 e. The minimum atomic E-state index is -0.955. The molecule has 0 spiro atoms. The monoisotopic (exact) mass is 623 g/mol. The van der Waals surface area contributed by atoms with Crippen LogP contribution in [0.1, 0.15) is 16.8 Å². The molecule has 3 aromatic carbocycles. The summed E-state index contributed by atoms with van der Waals surface area (Å²) in [7, 11) is 1.85. The Hall–Kier alpha value is -5.91. The zero-order valence-corrected chi connectivity index (χ0v) is 24.6. The lowest BCUT2D eigenvalue weighted by Gasteiger charge is -2.18. The molecule has 232 valence electrons. The van der Waals surface area contributed by atoms with Gasteiger partial charge in [0.2, 0.25) is 5.95 Å². The number of pyridine rings is 1. The third kappa shape index (κ3) is 6.32. The van der Waals surface area contributed by atoms with Crippen LogP contribution < -0.4 is 20.7 Å². The third-order valence-electron chi connectivity index (χ3n) is 7.22. The highest BCUT2D eigenvalue weighted by Gasteiger charge is 2.21. The minimum absolute atomic E-state index is 0.138. The van der Waals surface area contributed by atoms with E-state index >= 15 is 0 Å². The molecule has 0 aliphatic rings. The Labute approximate surface area is 262 Å². The predicted molar refractivity (Wildman–Crippen MR) is 170 cm³/mol. The van der Waals surface area contributed by atoms with E-state index in [1.54, 1.807) is 41.0 Å². The number of nitrogens with two attached hydrogens (primary N) is 1.